The summed E-state index contributed by atoms with van der Waals surface area (Å²) in [5.41, 5.74) is 1.52. The van der Waals surface area contributed by atoms with Crippen LogP contribution in [0.4, 0.5) is 0 Å². The van der Waals surface area contributed by atoms with Crippen molar-refractivity contribution < 1.29 is 19.4 Å². The molecular weight excluding hydrogens is 432 g/mol. The first-order chi connectivity index (χ1) is 13.0. The zero-order chi connectivity index (χ0) is 19.4. The fourth-order valence-corrected chi connectivity index (χ4v) is 3.35. The first-order valence-electron chi connectivity index (χ1n) is 7.87. The van der Waals surface area contributed by atoms with E-state index in [1.807, 2.05) is 30.5 Å². The highest BCUT2D eigenvalue weighted by molar-refractivity contribution is 9.10. The van der Waals surface area contributed by atoms with Crippen molar-refractivity contribution in [2.75, 3.05) is 6.26 Å². The first-order valence-corrected chi connectivity index (χ1v) is 9.89. The predicted octanol–water partition coefficient (Wildman–Crippen LogP) is 4.44. The summed E-state index contributed by atoms with van der Waals surface area (Å²) in [5.74, 6) is -0.764. The number of nitrogens with zero attached hydrogens (tertiary/aromatic N) is 2. The Morgan fingerprint density at radius 2 is 1.96 bits per heavy atom. The average molecular weight is 447 g/mol. The molecule has 0 saturated heterocycles. The summed E-state index contributed by atoms with van der Waals surface area (Å²) < 4.78 is 2.35. The van der Waals surface area contributed by atoms with Crippen molar-refractivity contribution in [1.29, 1.82) is 0 Å². The zero-order valence-corrected chi connectivity index (χ0v) is 16.9. The van der Waals surface area contributed by atoms with Gasteiger partial charge in [0, 0.05) is 22.5 Å². The molecule has 0 spiro atoms. The summed E-state index contributed by atoms with van der Waals surface area (Å²) in [6, 6.07) is 12.6. The molecule has 0 aliphatic rings. The van der Waals surface area contributed by atoms with E-state index in [2.05, 4.69) is 25.9 Å². The third-order valence-corrected chi connectivity index (χ3v) is 4.89. The number of carbonyl (C=O) groups excluding carboxylic acids is 2. The SMILES string of the molecule is CSc1ccccc1-n1cc(C(=O)c2cc(Br)ccc2OOC(C)=O)cn1. The van der Waals surface area contributed by atoms with E-state index in [4.69, 9.17) is 4.89 Å². The molecular formula is C19H15BrN2O4S. The van der Waals surface area contributed by atoms with Gasteiger partial charge in [-0.25, -0.2) is 9.48 Å². The van der Waals surface area contributed by atoms with Crippen molar-refractivity contribution in [2.45, 2.75) is 11.8 Å². The first kappa shape index (κ1) is 19.2. The van der Waals surface area contributed by atoms with Crippen LogP contribution in [0.3, 0.4) is 0 Å². The fraction of sp³-hybridized carbons (Fsp3) is 0.105. The second-order valence-electron chi connectivity index (χ2n) is 5.47. The quantitative estimate of drug-likeness (QED) is 0.241. The number of aromatic nitrogens is 2. The number of ketones is 1. The minimum Gasteiger partial charge on any atom is -0.288 e. The molecule has 0 amide bonds. The van der Waals surface area contributed by atoms with Gasteiger partial charge in [-0.05, 0) is 36.6 Å². The molecule has 0 aliphatic carbocycles. The van der Waals surface area contributed by atoms with E-state index >= 15 is 0 Å². The Kier molecular flexibility index (Phi) is 5.98. The van der Waals surface area contributed by atoms with Gasteiger partial charge in [-0.3, -0.25) is 14.6 Å². The molecule has 8 heteroatoms. The minimum atomic E-state index is -0.613. The molecule has 0 atom stereocenters. The molecule has 0 radical (unpaired) electrons. The maximum Gasteiger partial charge on any atom is 0.352 e. The molecule has 0 fully saturated rings. The number of carbonyl (C=O) groups is 2. The van der Waals surface area contributed by atoms with Gasteiger partial charge in [0.25, 0.3) is 0 Å². The van der Waals surface area contributed by atoms with Crippen molar-refractivity contribution in [3.63, 3.8) is 0 Å². The number of thioether (sulfide) groups is 1. The predicted molar refractivity (Wildman–Crippen MR) is 105 cm³/mol. The van der Waals surface area contributed by atoms with E-state index in [0.29, 0.717) is 10.0 Å². The van der Waals surface area contributed by atoms with Crippen LogP contribution in [-0.2, 0) is 9.68 Å². The van der Waals surface area contributed by atoms with E-state index in [9.17, 15) is 9.59 Å². The van der Waals surface area contributed by atoms with Gasteiger partial charge in [-0.1, -0.05) is 28.1 Å². The van der Waals surface area contributed by atoms with Crippen LogP contribution in [0.25, 0.3) is 5.69 Å². The molecule has 3 rings (SSSR count). The highest BCUT2D eigenvalue weighted by Crippen LogP contribution is 2.27. The van der Waals surface area contributed by atoms with E-state index < -0.39 is 5.97 Å². The van der Waals surface area contributed by atoms with Crippen molar-refractivity contribution in [3.8, 4) is 11.4 Å². The number of hydrogen-bond acceptors (Lipinski definition) is 6. The molecule has 138 valence electrons. The molecule has 0 N–H and O–H groups in total. The van der Waals surface area contributed by atoms with Crippen LogP contribution in [0.5, 0.6) is 5.75 Å². The second kappa shape index (κ2) is 8.41. The monoisotopic (exact) mass is 446 g/mol. The van der Waals surface area contributed by atoms with Gasteiger partial charge in [0.15, 0.2) is 11.5 Å². The molecule has 1 aromatic heterocycles. The highest BCUT2D eigenvalue weighted by atomic mass is 79.9. The Morgan fingerprint density at radius 1 is 1.19 bits per heavy atom. The van der Waals surface area contributed by atoms with E-state index in [1.165, 1.54) is 13.1 Å². The van der Waals surface area contributed by atoms with E-state index in [1.54, 1.807) is 40.8 Å². The smallest absolute Gasteiger partial charge is 0.288 e. The summed E-state index contributed by atoms with van der Waals surface area (Å²) in [6.07, 6.45) is 5.14. The number of halogens is 1. The summed E-state index contributed by atoms with van der Waals surface area (Å²) in [7, 11) is 0. The lowest BCUT2D eigenvalue weighted by atomic mass is 10.1. The van der Waals surface area contributed by atoms with Crippen molar-refractivity contribution in [2.24, 2.45) is 0 Å². The largest absolute Gasteiger partial charge is 0.352 e. The minimum absolute atomic E-state index is 0.149. The molecule has 0 aliphatic heterocycles. The Morgan fingerprint density at radius 3 is 2.70 bits per heavy atom. The second-order valence-corrected chi connectivity index (χ2v) is 7.24. The molecule has 0 saturated carbocycles. The fourth-order valence-electron chi connectivity index (χ4n) is 2.40. The van der Waals surface area contributed by atoms with Gasteiger partial charge < -0.3 is 0 Å². The van der Waals surface area contributed by atoms with Crippen LogP contribution in [0.15, 0.2) is 64.2 Å². The van der Waals surface area contributed by atoms with Crippen LogP contribution in [0, 0.1) is 0 Å². The Labute approximate surface area is 168 Å². The lowest BCUT2D eigenvalue weighted by Crippen LogP contribution is -2.08. The maximum absolute atomic E-state index is 13.0. The lowest BCUT2D eigenvalue weighted by molar-refractivity contribution is -0.211. The molecule has 27 heavy (non-hydrogen) atoms. The van der Waals surface area contributed by atoms with Gasteiger partial charge in [0.2, 0.25) is 0 Å². The Bertz CT molecular complexity index is 1000. The Hall–Kier alpha value is -2.58. The van der Waals surface area contributed by atoms with Crippen molar-refractivity contribution in [1.82, 2.24) is 9.78 Å². The van der Waals surface area contributed by atoms with Gasteiger partial charge in [0.05, 0.1) is 23.0 Å². The van der Waals surface area contributed by atoms with E-state index in [-0.39, 0.29) is 17.1 Å². The van der Waals surface area contributed by atoms with Gasteiger partial charge in [-0.15, -0.1) is 11.8 Å². The number of para-hydroxylation sites is 1. The van der Waals surface area contributed by atoms with Gasteiger partial charge in [0.1, 0.15) is 0 Å². The lowest BCUT2D eigenvalue weighted by Gasteiger charge is -2.08. The van der Waals surface area contributed by atoms with Crippen LogP contribution in [0.2, 0.25) is 0 Å². The van der Waals surface area contributed by atoms with Crippen molar-refractivity contribution in [3.05, 3.63) is 70.5 Å². The molecule has 0 unspecified atom stereocenters. The molecule has 0 bridgehead atoms. The summed E-state index contributed by atoms with van der Waals surface area (Å²) in [5, 5.41) is 4.31. The third-order valence-electron chi connectivity index (χ3n) is 3.61. The molecule has 6 nitrogen and oxygen atoms in total. The van der Waals surface area contributed by atoms with Gasteiger partial charge >= 0.3 is 5.97 Å². The third kappa shape index (κ3) is 4.40. The molecule has 3 aromatic rings. The van der Waals surface area contributed by atoms with E-state index in [0.717, 1.165) is 10.6 Å². The standard InChI is InChI=1S/C19H15BrN2O4S/c1-12(23)25-26-17-8-7-14(20)9-15(17)19(24)13-10-21-22(11-13)16-5-3-4-6-18(16)27-2/h3-11H,1-2H3. The normalized spacial score (nSPS) is 10.5. The zero-order valence-electron chi connectivity index (χ0n) is 14.5. The average Bonchev–Trinajstić information content (AvgIpc) is 3.16. The van der Waals surface area contributed by atoms with Crippen LogP contribution >= 0.6 is 27.7 Å². The Balaban J connectivity index is 1.94. The van der Waals surface area contributed by atoms with Crippen LogP contribution in [-0.4, -0.2) is 27.8 Å². The highest BCUT2D eigenvalue weighted by Gasteiger charge is 2.19. The maximum atomic E-state index is 13.0. The number of benzene rings is 2. The van der Waals surface area contributed by atoms with Crippen LogP contribution in [0.1, 0.15) is 22.8 Å². The summed E-state index contributed by atoms with van der Waals surface area (Å²) in [4.78, 5) is 34.6. The van der Waals surface area contributed by atoms with Crippen molar-refractivity contribution >= 4 is 39.4 Å². The molecule has 2 aromatic carbocycles. The molecule has 1 heterocycles. The number of rotatable bonds is 6. The number of hydrogen-bond donors (Lipinski definition) is 0. The van der Waals surface area contributed by atoms with Crippen LogP contribution < -0.4 is 4.89 Å². The summed E-state index contributed by atoms with van der Waals surface area (Å²) >= 11 is 4.94. The van der Waals surface area contributed by atoms with Gasteiger partial charge in [-0.2, -0.15) is 5.10 Å². The summed E-state index contributed by atoms with van der Waals surface area (Å²) in [6.45, 7) is 1.22. The topological polar surface area (TPSA) is 70.4 Å².